The molecule has 0 N–H and O–H groups in total. The number of aromatic nitrogens is 1. The Morgan fingerprint density at radius 3 is 2.62 bits per heavy atom. The van der Waals surface area contributed by atoms with E-state index in [2.05, 4.69) is 23.8 Å². The van der Waals surface area contributed by atoms with Crippen LogP contribution in [0, 0.1) is 18.6 Å². The van der Waals surface area contributed by atoms with Gasteiger partial charge in [-0.05, 0) is 27.0 Å². The van der Waals surface area contributed by atoms with E-state index in [1.165, 1.54) is 17.6 Å². The summed E-state index contributed by atoms with van der Waals surface area (Å²) in [5, 5.41) is 0.506. The average molecular weight is 333 g/mol. The Hall–Kier alpha value is -1.95. The summed E-state index contributed by atoms with van der Waals surface area (Å²) in [6.45, 7) is 5.14. The monoisotopic (exact) mass is 333 g/mol. The van der Waals surface area contributed by atoms with Crippen LogP contribution in [0.15, 0.2) is 10.9 Å². The zero-order valence-electron chi connectivity index (χ0n) is 14.4. The standard InChI is InChI=1S/C18H21F2N3O/c1-9-7-23-11(8-21(9)3)5-13-16(23)12-6-14(19)10(2)15(20)17(12)22(4)18(13)24/h6,9,11H,5,7-8H2,1-4H3. The molecule has 4 nitrogen and oxygen atoms in total. The second-order valence-corrected chi connectivity index (χ2v) is 7.18. The zero-order chi connectivity index (χ0) is 17.3. The molecule has 1 aromatic heterocycles. The second-order valence-electron chi connectivity index (χ2n) is 7.18. The number of halogens is 2. The Labute approximate surface area is 139 Å². The molecule has 0 bridgehead atoms. The van der Waals surface area contributed by atoms with Crippen molar-refractivity contribution < 1.29 is 8.78 Å². The first-order valence-corrected chi connectivity index (χ1v) is 8.28. The van der Waals surface area contributed by atoms with Crippen molar-refractivity contribution in [2.24, 2.45) is 7.05 Å². The van der Waals surface area contributed by atoms with Crippen molar-refractivity contribution in [1.82, 2.24) is 9.47 Å². The number of anilines is 1. The Morgan fingerprint density at radius 1 is 1.21 bits per heavy atom. The first kappa shape index (κ1) is 15.6. The van der Waals surface area contributed by atoms with Gasteiger partial charge in [-0.1, -0.05) is 0 Å². The molecule has 4 rings (SSSR count). The number of pyridine rings is 1. The number of likely N-dealkylation sites (N-methyl/N-ethyl adjacent to an activating group) is 1. The maximum Gasteiger partial charge on any atom is 0.256 e. The molecule has 3 heterocycles. The molecule has 128 valence electrons. The van der Waals surface area contributed by atoms with Crippen molar-refractivity contribution in [1.29, 1.82) is 0 Å². The third kappa shape index (κ3) is 1.89. The van der Waals surface area contributed by atoms with Crippen LogP contribution in [0.2, 0.25) is 0 Å². The smallest absolute Gasteiger partial charge is 0.256 e. The number of fused-ring (bicyclic) bond motifs is 5. The Bertz CT molecular complexity index is 921. The molecule has 0 spiro atoms. The molecule has 0 saturated carbocycles. The maximum atomic E-state index is 14.7. The van der Waals surface area contributed by atoms with Crippen LogP contribution in [0.25, 0.3) is 10.9 Å². The normalized spacial score (nSPS) is 23.7. The number of aryl methyl sites for hydroxylation is 1. The average Bonchev–Trinajstić information content (AvgIpc) is 2.89. The highest BCUT2D eigenvalue weighted by molar-refractivity contribution is 5.96. The second kappa shape index (κ2) is 5.02. The van der Waals surface area contributed by atoms with Crippen molar-refractivity contribution in [3.8, 4) is 0 Å². The van der Waals surface area contributed by atoms with Crippen molar-refractivity contribution in [2.45, 2.75) is 32.4 Å². The Morgan fingerprint density at radius 2 is 1.92 bits per heavy atom. The first-order chi connectivity index (χ1) is 11.3. The zero-order valence-corrected chi connectivity index (χ0v) is 14.4. The van der Waals surface area contributed by atoms with E-state index in [0.29, 0.717) is 23.4 Å². The fraction of sp³-hybridized carbons (Fsp3) is 0.500. The van der Waals surface area contributed by atoms with E-state index in [0.717, 1.165) is 18.8 Å². The van der Waals surface area contributed by atoms with Crippen LogP contribution in [0.1, 0.15) is 18.1 Å². The highest BCUT2D eigenvalue weighted by atomic mass is 19.1. The number of piperazine rings is 1. The highest BCUT2D eigenvalue weighted by Crippen LogP contribution is 2.40. The van der Waals surface area contributed by atoms with E-state index >= 15 is 0 Å². The number of nitrogens with zero attached hydrogens (tertiary/aromatic N) is 3. The van der Waals surface area contributed by atoms with Crippen LogP contribution in [-0.4, -0.2) is 41.7 Å². The van der Waals surface area contributed by atoms with Gasteiger partial charge >= 0.3 is 0 Å². The van der Waals surface area contributed by atoms with E-state index in [1.54, 1.807) is 7.05 Å². The lowest BCUT2D eigenvalue weighted by Gasteiger charge is -2.42. The van der Waals surface area contributed by atoms with Gasteiger partial charge < -0.3 is 9.47 Å². The minimum Gasteiger partial charge on any atom is -0.364 e. The summed E-state index contributed by atoms with van der Waals surface area (Å²) >= 11 is 0. The highest BCUT2D eigenvalue weighted by Gasteiger charge is 2.39. The van der Waals surface area contributed by atoms with Crippen LogP contribution < -0.4 is 10.5 Å². The minimum atomic E-state index is -0.641. The Balaban J connectivity index is 2.06. The van der Waals surface area contributed by atoms with Crippen LogP contribution in [-0.2, 0) is 13.5 Å². The molecule has 0 aliphatic carbocycles. The largest absolute Gasteiger partial charge is 0.364 e. The Kier molecular flexibility index (Phi) is 3.26. The lowest BCUT2D eigenvalue weighted by atomic mass is 10.0. The SMILES string of the molecule is Cc1c(F)cc2c3c(c(=O)n(C)c2c1F)CC1CN(C)C(C)CN31. The minimum absolute atomic E-state index is 0.0428. The third-order valence-corrected chi connectivity index (χ3v) is 5.74. The number of hydrogen-bond acceptors (Lipinski definition) is 3. The first-order valence-electron chi connectivity index (χ1n) is 8.28. The molecule has 2 atom stereocenters. The van der Waals surface area contributed by atoms with Crippen molar-refractivity contribution in [2.75, 3.05) is 25.0 Å². The van der Waals surface area contributed by atoms with Gasteiger partial charge in [-0.2, -0.15) is 0 Å². The van der Waals surface area contributed by atoms with Crippen molar-refractivity contribution in [3.05, 3.63) is 39.2 Å². The topological polar surface area (TPSA) is 28.5 Å². The fourth-order valence-corrected chi connectivity index (χ4v) is 4.16. The summed E-state index contributed by atoms with van der Waals surface area (Å²) in [5.41, 5.74) is 1.40. The van der Waals surface area contributed by atoms with E-state index in [9.17, 15) is 13.6 Å². The predicted octanol–water partition coefficient (Wildman–Crippen LogP) is 2.19. The van der Waals surface area contributed by atoms with Crippen LogP contribution in [0.3, 0.4) is 0 Å². The van der Waals surface area contributed by atoms with Gasteiger partial charge in [0, 0.05) is 55.2 Å². The summed E-state index contributed by atoms with van der Waals surface area (Å²) in [7, 11) is 3.64. The number of hydrogen-bond donors (Lipinski definition) is 0. The predicted molar refractivity (Wildman–Crippen MR) is 90.8 cm³/mol. The van der Waals surface area contributed by atoms with Gasteiger partial charge in [-0.3, -0.25) is 9.69 Å². The summed E-state index contributed by atoms with van der Waals surface area (Å²) in [6.07, 6.45) is 0.631. The molecule has 1 fully saturated rings. The van der Waals surface area contributed by atoms with Crippen molar-refractivity contribution >= 4 is 16.6 Å². The van der Waals surface area contributed by atoms with E-state index in [1.807, 2.05) is 0 Å². The van der Waals surface area contributed by atoms with E-state index in [-0.39, 0.29) is 22.7 Å². The molecule has 0 radical (unpaired) electrons. The summed E-state index contributed by atoms with van der Waals surface area (Å²) in [6, 6.07) is 1.90. The molecule has 2 unspecified atom stereocenters. The van der Waals surface area contributed by atoms with Crippen LogP contribution in [0.5, 0.6) is 0 Å². The van der Waals surface area contributed by atoms with Gasteiger partial charge in [0.05, 0.1) is 11.2 Å². The molecule has 2 aliphatic heterocycles. The molecule has 0 amide bonds. The van der Waals surface area contributed by atoms with E-state index in [4.69, 9.17) is 0 Å². The molecule has 1 saturated heterocycles. The molecule has 2 aliphatic rings. The fourth-order valence-electron chi connectivity index (χ4n) is 4.16. The molecule has 24 heavy (non-hydrogen) atoms. The number of benzene rings is 1. The number of rotatable bonds is 0. The van der Waals surface area contributed by atoms with Gasteiger partial charge in [-0.15, -0.1) is 0 Å². The summed E-state index contributed by atoms with van der Waals surface area (Å²) in [5.74, 6) is -1.20. The summed E-state index contributed by atoms with van der Waals surface area (Å²) < 4.78 is 30.3. The molecular weight excluding hydrogens is 312 g/mol. The maximum absolute atomic E-state index is 14.7. The molecule has 6 heteroatoms. The van der Waals surface area contributed by atoms with Crippen LogP contribution in [0.4, 0.5) is 14.5 Å². The van der Waals surface area contributed by atoms with Gasteiger partial charge in [0.15, 0.2) is 5.82 Å². The summed E-state index contributed by atoms with van der Waals surface area (Å²) in [4.78, 5) is 17.2. The van der Waals surface area contributed by atoms with Gasteiger partial charge in [-0.25, -0.2) is 8.78 Å². The third-order valence-electron chi connectivity index (χ3n) is 5.74. The quantitative estimate of drug-likeness (QED) is 0.740. The van der Waals surface area contributed by atoms with Crippen molar-refractivity contribution in [3.63, 3.8) is 0 Å². The van der Waals surface area contributed by atoms with Gasteiger partial charge in [0.2, 0.25) is 0 Å². The van der Waals surface area contributed by atoms with Gasteiger partial charge in [0.1, 0.15) is 5.82 Å². The van der Waals surface area contributed by atoms with Gasteiger partial charge in [0.25, 0.3) is 5.56 Å². The van der Waals surface area contributed by atoms with E-state index < -0.39 is 11.6 Å². The van der Waals surface area contributed by atoms with Crippen LogP contribution >= 0.6 is 0 Å². The molecule has 1 aromatic carbocycles. The lowest BCUT2D eigenvalue weighted by molar-refractivity contribution is 0.204. The molecule has 2 aromatic rings. The lowest BCUT2D eigenvalue weighted by Crippen LogP contribution is -2.54. The molecular formula is C18H21F2N3O.